The van der Waals surface area contributed by atoms with Crippen LogP contribution in [0.15, 0.2) is 12.2 Å². The highest BCUT2D eigenvalue weighted by Crippen LogP contribution is 2.28. The average molecular weight is 234 g/mol. The number of likely N-dealkylation sites (tertiary alicyclic amines) is 1. The normalized spacial score (nSPS) is 41.5. The fraction of sp³-hybridized carbons (Fsp3) is 0.867. The Labute approximate surface area is 105 Å². The third kappa shape index (κ3) is 2.74. The maximum Gasteiger partial charge on any atom is 0.0278 e. The molecule has 1 aliphatic carbocycles. The van der Waals surface area contributed by atoms with E-state index in [4.69, 9.17) is 0 Å². The molecule has 0 aromatic heterocycles. The van der Waals surface area contributed by atoms with E-state index in [1.807, 2.05) is 0 Å². The largest absolute Gasteiger partial charge is 0.312 e. The minimum atomic E-state index is 0.739. The Morgan fingerprint density at radius 2 is 2.00 bits per heavy atom. The second kappa shape index (κ2) is 5.53. The van der Waals surface area contributed by atoms with Crippen LogP contribution in [0.3, 0.4) is 0 Å². The molecule has 3 unspecified atom stereocenters. The number of nitrogens with zero attached hydrogens (tertiary/aromatic N) is 1. The lowest BCUT2D eigenvalue weighted by atomic mass is 9.94. The zero-order valence-corrected chi connectivity index (χ0v) is 10.9. The van der Waals surface area contributed by atoms with Gasteiger partial charge in [0.25, 0.3) is 0 Å². The minimum Gasteiger partial charge on any atom is -0.312 e. The van der Waals surface area contributed by atoms with Crippen molar-refractivity contribution in [2.24, 2.45) is 5.92 Å². The molecular weight excluding hydrogens is 208 g/mol. The first-order valence-electron chi connectivity index (χ1n) is 7.57. The first-order chi connectivity index (χ1) is 8.43. The molecule has 0 bridgehead atoms. The molecule has 1 N–H and O–H groups in total. The van der Waals surface area contributed by atoms with Gasteiger partial charge in [-0.3, -0.25) is 4.90 Å². The highest BCUT2D eigenvalue weighted by molar-refractivity contribution is 5.01. The summed E-state index contributed by atoms with van der Waals surface area (Å²) in [5, 5.41) is 3.71. The maximum atomic E-state index is 3.71. The van der Waals surface area contributed by atoms with Crippen LogP contribution >= 0.6 is 0 Å². The Balaban J connectivity index is 1.61. The van der Waals surface area contributed by atoms with Crippen LogP contribution in [0.25, 0.3) is 0 Å². The van der Waals surface area contributed by atoms with Crippen molar-refractivity contribution in [1.82, 2.24) is 10.2 Å². The van der Waals surface area contributed by atoms with E-state index in [1.165, 1.54) is 64.6 Å². The highest BCUT2D eigenvalue weighted by Gasteiger charge is 2.36. The Bertz CT molecular complexity index is 260. The zero-order valence-electron chi connectivity index (χ0n) is 10.9. The first kappa shape index (κ1) is 11.7. The number of allylic oxidation sites excluding steroid dienone is 1. The molecular formula is C15H26N2. The van der Waals surface area contributed by atoms with Gasteiger partial charge < -0.3 is 5.32 Å². The number of rotatable bonds is 1. The molecule has 0 spiro atoms. The van der Waals surface area contributed by atoms with E-state index >= 15 is 0 Å². The molecule has 2 nitrogen and oxygen atoms in total. The molecule has 3 aliphatic rings. The molecule has 96 valence electrons. The number of piperidine rings is 1. The standard InChI is InChI=1S/C15H26N2/c1-2-4-8-14(9-5-3-1)17-11-13-7-6-10-16-15(13)12-17/h4,8,13-16H,1-3,5-7,9-12H2/b8-4+. The van der Waals surface area contributed by atoms with Crippen molar-refractivity contribution in [2.45, 2.75) is 57.0 Å². The molecule has 0 aromatic rings. The molecule has 2 aliphatic heterocycles. The second-order valence-corrected chi connectivity index (χ2v) is 6.05. The van der Waals surface area contributed by atoms with Crippen LogP contribution < -0.4 is 5.32 Å². The molecule has 3 atom stereocenters. The summed E-state index contributed by atoms with van der Waals surface area (Å²) in [6, 6.07) is 1.53. The summed E-state index contributed by atoms with van der Waals surface area (Å²) >= 11 is 0. The summed E-state index contributed by atoms with van der Waals surface area (Å²) in [6.07, 6.45) is 14.7. The van der Waals surface area contributed by atoms with Crippen molar-refractivity contribution in [3.8, 4) is 0 Å². The summed E-state index contributed by atoms with van der Waals surface area (Å²) in [6.45, 7) is 3.88. The fourth-order valence-electron chi connectivity index (χ4n) is 3.80. The number of fused-ring (bicyclic) bond motifs is 1. The van der Waals surface area contributed by atoms with Crippen LogP contribution in [0, 0.1) is 5.92 Å². The number of hydrogen-bond acceptors (Lipinski definition) is 2. The lowest BCUT2D eigenvalue weighted by molar-refractivity contribution is 0.253. The van der Waals surface area contributed by atoms with Crippen LogP contribution in [0.5, 0.6) is 0 Å². The predicted molar refractivity (Wildman–Crippen MR) is 72.1 cm³/mol. The highest BCUT2D eigenvalue weighted by atomic mass is 15.2. The van der Waals surface area contributed by atoms with Gasteiger partial charge in [-0.1, -0.05) is 25.0 Å². The van der Waals surface area contributed by atoms with Gasteiger partial charge in [0.15, 0.2) is 0 Å². The van der Waals surface area contributed by atoms with E-state index in [9.17, 15) is 0 Å². The van der Waals surface area contributed by atoms with Gasteiger partial charge in [-0.05, 0) is 44.6 Å². The van der Waals surface area contributed by atoms with Crippen molar-refractivity contribution in [3.63, 3.8) is 0 Å². The van der Waals surface area contributed by atoms with Crippen molar-refractivity contribution in [3.05, 3.63) is 12.2 Å². The molecule has 2 heteroatoms. The van der Waals surface area contributed by atoms with Crippen molar-refractivity contribution >= 4 is 0 Å². The van der Waals surface area contributed by atoms with Crippen LogP contribution in [0.1, 0.15) is 44.9 Å². The SMILES string of the molecule is C1=C/C(N2CC3CCCNC3C2)CCCCC/1. The van der Waals surface area contributed by atoms with E-state index in [-0.39, 0.29) is 0 Å². The fourth-order valence-corrected chi connectivity index (χ4v) is 3.80. The Kier molecular flexibility index (Phi) is 3.82. The zero-order chi connectivity index (χ0) is 11.5. The molecule has 0 amide bonds. The van der Waals surface area contributed by atoms with Crippen molar-refractivity contribution in [2.75, 3.05) is 19.6 Å². The molecule has 17 heavy (non-hydrogen) atoms. The average Bonchev–Trinajstić information content (AvgIpc) is 2.71. The molecule has 2 heterocycles. The van der Waals surface area contributed by atoms with Gasteiger partial charge in [0.05, 0.1) is 0 Å². The molecule has 2 fully saturated rings. The third-order valence-electron chi connectivity index (χ3n) is 4.83. The smallest absolute Gasteiger partial charge is 0.0278 e. The van der Waals surface area contributed by atoms with Gasteiger partial charge >= 0.3 is 0 Å². The van der Waals surface area contributed by atoms with Gasteiger partial charge in [0, 0.05) is 25.2 Å². The van der Waals surface area contributed by atoms with Gasteiger partial charge in [0.2, 0.25) is 0 Å². The van der Waals surface area contributed by atoms with E-state index < -0.39 is 0 Å². The molecule has 0 saturated carbocycles. The topological polar surface area (TPSA) is 15.3 Å². The van der Waals surface area contributed by atoms with Crippen LogP contribution in [0.2, 0.25) is 0 Å². The van der Waals surface area contributed by atoms with Gasteiger partial charge in [-0.25, -0.2) is 0 Å². The molecule has 3 rings (SSSR count). The Morgan fingerprint density at radius 3 is 2.94 bits per heavy atom. The summed E-state index contributed by atoms with van der Waals surface area (Å²) in [7, 11) is 0. The van der Waals surface area contributed by atoms with Crippen LogP contribution in [0.4, 0.5) is 0 Å². The monoisotopic (exact) mass is 234 g/mol. The van der Waals surface area contributed by atoms with Crippen molar-refractivity contribution < 1.29 is 0 Å². The Hall–Kier alpha value is -0.340. The van der Waals surface area contributed by atoms with Crippen LogP contribution in [-0.4, -0.2) is 36.6 Å². The second-order valence-electron chi connectivity index (χ2n) is 6.05. The van der Waals surface area contributed by atoms with E-state index in [0.29, 0.717) is 0 Å². The van der Waals surface area contributed by atoms with E-state index in [0.717, 1.165) is 18.0 Å². The van der Waals surface area contributed by atoms with E-state index in [1.54, 1.807) is 0 Å². The first-order valence-corrected chi connectivity index (χ1v) is 7.57. The quantitative estimate of drug-likeness (QED) is 0.702. The molecule has 0 aromatic carbocycles. The van der Waals surface area contributed by atoms with Gasteiger partial charge in [-0.15, -0.1) is 0 Å². The Morgan fingerprint density at radius 1 is 1.00 bits per heavy atom. The summed E-state index contributed by atoms with van der Waals surface area (Å²) in [5.41, 5.74) is 0. The lowest BCUT2D eigenvalue weighted by Crippen LogP contribution is -2.41. The summed E-state index contributed by atoms with van der Waals surface area (Å²) < 4.78 is 0. The molecule has 2 saturated heterocycles. The maximum absolute atomic E-state index is 3.71. The number of nitrogens with one attached hydrogen (secondary N) is 1. The minimum absolute atomic E-state index is 0.739. The summed E-state index contributed by atoms with van der Waals surface area (Å²) in [5.74, 6) is 0.933. The van der Waals surface area contributed by atoms with Crippen LogP contribution in [-0.2, 0) is 0 Å². The van der Waals surface area contributed by atoms with Gasteiger partial charge in [-0.2, -0.15) is 0 Å². The van der Waals surface area contributed by atoms with Crippen molar-refractivity contribution in [1.29, 1.82) is 0 Å². The summed E-state index contributed by atoms with van der Waals surface area (Å²) in [4.78, 5) is 2.75. The lowest BCUT2D eigenvalue weighted by Gasteiger charge is -2.26. The van der Waals surface area contributed by atoms with Gasteiger partial charge in [0.1, 0.15) is 0 Å². The third-order valence-corrected chi connectivity index (χ3v) is 4.83. The predicted octanol–water partition coefficient (Wildman–Crippen LogP) is 2.56. The van der Waals surface area contributed by atoms with E-state index in [2.05, 4.69) is 22.4 Å². The number of hydrogen-bond donors (Lipinski definition) is 1. The molecule has 0 radical (unpaired) electrons.